The molecular formula is C27H42N2O. The standard InChI is InChI=1S/C27H41N2.H2O/c1-4-7-9-11-21-29(22-12-10-8-5-2)27-17-15-25(16-18-27)13-14-26-19-23-28(6-3)24-20-26;/h13-20,23-24H,4-12,21-22H2,1-3H3;1H2/q+1;/p-1. The van der Waals surface area contributed by atoms with Crippen molar-refractivity contribution < 1.29 is 10.0 Å². The van der Waals surface area contributed by atoms with Gasteiger partial charge < -0.3 is 10.4 Å². The molecule has 3 heteroatoms. The van der Waals surface area contributed by atoms with Gasteiger partial charge in [-0.15, -0.1) is 0 Å². The lowest BCUT2D eigenvalue weighted by molar-refractivity contribution is -0.693. The van der Waals surface area contributed by atoms with Crippen LogP contribution in [0.5, 0.6) is 0 Å². The molecule has 0 amide bonds. The van der Waals surface area contributed by atoms with Crippen molar-refractivity contribution in [1.29, 1.82) is 0 Å². The Hall–Kier alpha value is -2.13. The monoisotopic (exact) mass is 410 g/mol. The van der Waals surface area contributed by atoms with E-state index in [-0.39, 0.29) is 5.48 Å². The Labute approximate surface area is 184 Å². The molecule has 0 unspecified atom stereocenters. The molecule has 0 saturated carbocycles. The highest BCUT2D eigenvalue weighted by molar-refractivity contribution is 5.70. The molecule has 1 aromatic heterocycles. The minimum atomic E-state index is 0. The highest BCUT2D eigenvalue weighted by atomic mass is 16.0. The summed E-state index contributed by atoms with van der Waals surface area (Å²) >= 11 is 0. The van der Waals surface area contributed by atoms with Crippen LogP contribution in [0.2, 0.25) is 0 Å². The third-order valence-electron chi connectivity index (χ3n) is 5.57. The number of hydrogen-bond donors (Lipinski definition) is 0. The highest BCUT2D eigenvalue weighted by Crippen LogP contribution is 2.19. The van der Waals surface area contributed by atoms with Crippen LogP contribution in [-0.2, 0) is 6.54 Å². The van der Waals surface area contributed by atoms with Crippen LogP contribution in [0.3, 0.4) is 0 Å². The average molecular weight is 411 g/mol. The van der Waals surface area contributed by atoms with Gasteiger partial charge in [-0.3, -0.25) is 0 Å². The first-order valence-corrected chi connectivity index (χ1v) is 11.8. The smallest absolute Gasteiger partial charge is 0.169 e. The van der Waals surface area contributed by atoms with Gasteiger partial charge in [-0.05, 0) is 43.0 Å². The summed E-state index contributed by atoms with van der Waals surface area (Å²) in [6.45, 7) is 10.1. The first kappa shape index (κ1) is 25.9. The molecule has 166 valence electrons. The van der Waals surface area contributed by atoms with Gasteiger partial charge in [0.2, 0.25) is 0 Å². The predicted octanol–water partition coefficient (Wildman–Crippen LogP) is 6.95. The second-order valence-electron chi connectivity index (χ2n) is 8.00. The molecule has 1 heterocycles. The van der Waals surface area contributed by atoms with Gasteiger partial charge in [0.15, 0.2) is 12.4 Å². The lowest BCUT2D eigenvalue weighted by Crippen LogP contribution is -2.30. The number of aromatic nitrogens is 1. The van der Waals surface area contributed by atoms with E-state index in [9.17, 15) is 0 Å². The van der Waals surface area contributed by atoms with Gasteiger partial charge >= 0.3 is 0 Å². The topological polar surface area (TPSA) is 37.1 Å². The summed E-state index contributed by atoms with van der Waals surface area (Å²) in [5, 5.41) is 0. The number of aryl methyl sites for hydroxylation is 1. The normalized spacial score (nSPS) is 10.9. The summed E-state index contributed by atoms with van der Waals surface area (Å²) in [4.78, 5) is 2.60. The summed E-state index contributed by atoms with van der Waals surface area (Å²) in [6.07, 6.45) is 19.3. The lowest BCUT2D eigenvalue weighted by atomic mass is 10.1. The van der Waals surface area contributed by atoms with Gasteiger partial charge in [0.25, 0.3) is 0 Å². The van der Waals surface area contributed by atoms with E-state index >= 15 is 0 Å². The van der Waals surface area contributed by atoms with Gasteiger partial charge in [-0.1, -0.05) is 76.7 Å². The quantitative estimate of drug-likeness (QED) is 0.249. The summed E-state index contributed by atoms with van der Waals surface area (Å²) in [7, 11) is 0. The van der Waals surface area contributed by atoms with Crippen LogP contribution in [0, 0.1) is 0 Å². The molecule has 3 nitrogen and oxygen atoms in total. The summed E-state index contributed by atoms with van der Waals surface area (Å²) < 4.78 is 2.18. The molecule has 2 rings (SSSR count). The Bertz CT molecular complexity index is 680. The van der Waals surface area contributed by atoms with E-state index < -0.39 is 0 Å². The molecule has 0 radical (unpaired) electrons. The largest absolute Gasteiger partial charge is 0.870 e. The van der Waals surface area contributed by atoms with E-state index in [4.69, 9.17) is 0 Å². The molecule has 0 spiro atoms. The van der Waals surface area contributed by atoms with Crippen molar-refractivity contribution in [1.82, 2.24) is 0 Å². The van der Waals surface area contributed by atoms with Gasteiger partial charge in [0.1, 0.15) is 6.54 Å². The van der Waals surface area contributed by atoms with E-state index in [0.29, 0.717) is 0 Å². The molecular weight excluding hydrogens is 368 g/mol. The third-order valence-corrected chi connectivity index (χ3v) is 5.57. The van der Waals surface area contributed by atoms with Crippen LogP contribution < -0.4 is 9.47 Å². The van der Waals surface area contributed by atoms with E-state index in [1.54, 1.807) is 0 Å². The number of nitrogens with zero attached hydrogens (tertiary/aromatic N) is 2. The second kappa shape index (κ2) is 15.7. The molecule has 0 bridgehead atoms. The SMILES string of the molecule is CCCCCCN(CCCCCC)c1ccc(/C=C/c2cc[n+](CC)cc2)cc1.[OH-]. The van der Waals surface area contributed by atoms with Crippen LogP contribution in [0.1, 0.15) is 83.3 Å². The fourth-order valence-corrected chi connectivity index (χ4v) is 3.61. The molecule has 30 heavy (non-hydrogen) atoms. The van der Waals surface area contributed by atoms with E-state index in [0.717, 1.165) is 6.54 Å². The molecule has 1 aromatic carbocycles. The van der Waals surface area contributed by atoms with Crippen molar-refractivity contribution >= 4 is 17.8 Å². The molecule has 0 atom stereocenters. The Morgan fingerprint density at radius 1 is 0.667 bits per heavy atom. The Morgan fingerprint density at radius 2 is 1.17 bits per heavy atom. The first-order valence-electron chi connectivity index (χ1n) is 11.8. The lowest BCUT2D eigenvalue weighted by Gasteiger charge is -2.25. The van der Waals surface area contributed by atoms with Crippen molar-refractivity contribution in [2.45, 2.75) is 78.7 Å². The van der Waals surface area contributed by atoms with Gasteiger partial charge in [0.05, 0.1) is 0 Å². The Kier molecular flexibility index (Phi) is 13.5. The number of hydrogen-bond acceptors (Lipinski definition) is 2. The maximum atomic E-state index is 2.60. The number of anilines is 1. The molecule has 0 fully saturated rings. The maximum Gasteiger partial charge on any atom is 0.169 e. The predicted molar refractivity (Wildman–Crippen MR) is 130 cm³/mol. The Balaban J connectivity index is 0.00000450. The van der Waals surface area contributed by atoms with Crippen LogP contribution in [0.4, 0.5) is 5.69 Å². The zero-order chi connectivity index (χ0) is 20.7. The van der Waals surface area contributed by atoms with Gasteiger partial charge in [0, 0.05) is 30.9 Å². The summed E-state index contributed by atoms with van der Waals surface area (Å²) in [6, 6.07) is 13.5. The molecule has 0 aliphatic rings. The molecule has 2 aromatic rings. The summed E-state index contributed by atoms with van der Waals surface area (Å²) in [5.74, 6) is 0. The zero-order valence-electron chi connectivity index (χ0n) is 19.4. The van der Waals surface area contributed by atoms with Gasteiger partial charge in [-0.25, -0.2) is 4.57 Å². The number of unbranched alkanes of at least 4 members (excludes halogenated alkanes) is 6. The van der Waals surface area contributed by atoms with Crippen molar-refractivity contribution in [3.63, 3.8) is 0 Å². The summed E-state index contributed by atoms with van der Waals surface area (Å²) in [5.41, 5.74) is 3.88. The van der Waals surface area contributed by atoms with Crippen molar-refractivity contribution in [3.8, 4) is 0 Å². The van der Waals surface area contributed by atoms with Crippen LogP contribution >= 0.6 is 0 Å². The second-order valence-corrected chi connectivity index (χ2v) is 8.00. The minimum absolute atomic E-state index is 0. The van der Waals surface area contributed by atoms with E-state index in [1.807, 2.05) is 0 Å². The molecule has 1 N–H and O–H groups in total. The van der Waals surface area contributed by atoms with Crippen molar-refractivity contribution in [2.75, 3.05) is 18.0 Å². The Morgan fingerprint density at radius 3 is 1.63 bits per heavy atom. The van der Waals surface area contributed by atoms with Crippen molar-refractivity contribution in [2.24, 2.45) is 0 Å². The average Bonchev–Trinajstić information content (AvgIpc) is 2.77. The minimum Gasteiger partial charge on any atom is -0.870 e. The first-order chi connectivity index (χ1) is 14.3. The molecule has 0 aliphatic heterocycles. The number of rotatable bonds is 14. The van der Waals surface area contributed by atoms with Crippen LogP contribution in [-0.4, -0.2) is 18.6 Å². The number of pyridine rings is 1. The van der Waals surface area contributed by atoms with Crippen molar-refractivity contribution in [3.05, 3.63) is 59.9 Å². The van der Waals surface area contributed by atoms with E-state index in [2.05, 4.69) is 91.2 Å². The zero-order valence-corrected chi connectivity index (χ0v) is 19.4. The third kappa shape index (κ3) is 9.58. The van der Waals surface area contributed by atoms with E-state index in [1.165, 1.54) is 81.3 Å². The van der Waals surface area contributed by atoms with Crippen LogP contribution in [0.15, 0.2) is 48.8 Å². The number of benzene rings is 1. The fraction of sp³-hybridized carbons (Fsp3) is 0.519. The molecule has 0 saturated heterocycles. The fourth-order valence-electron chi connectivity index (χ4n) is 3.61. The maximum absolute atomic E-state index is 2.60. The molecule has 0 aliphatic carbocycles. The van der Waals surface area contributed by atoms with Gasteiger partial charge in [-0.2, -0.15) is 0 Å². The highest BCUT2D eigenvalue weighted by Gasteiger charge is 2.06. The van der Waals surface area contributed by atoms with Crippen LogP contribution in [0.25, 0.3) is 12.2 Å².